The van der Waals surface area contributed by atoms with Gasteiger partial charge in [-0.05, 0) is 31.3 Å². The average molecular weight is 488 g/mol. The van der Waals surface area contributed by atoms with E-state index in [1.807, 2.05) is 7.05 Å². The zero-order valence-corrected chi connectivity index (χ0v) is 19.5. The Hall–Kier alpha value is -0.690. The standard InChI is InChI=1S/C18H29N3O6S.2ClH/c1-20-7-9-21(10-8-20)17-15(27-16(12-22)18(17)23)11-19-28(24,25)14-5-3-13(26-2)4-6-14;;/h3-6,15-19,22-23H,7-12H2,1-2H3;2*1H/t15-,16+,17+,18-;;/m1../s1. The highest BCUT2D eigenvalue weighted by molar-refractivity contribution is 7.89. The van der Waals surface area contributed by atoms with E-state index in [1.165, 1.54) is 19.2 Å². The molecule has 0 saturated carbocycles. The Balaban J connectivity index is 0.00000225. The first kappa shape index (κ1) is 27.3. The van der Waals surface area contributed by atoms with Crippen LogP contribution in [0.3, 0.4) is 0 Å². The van der Waals surface area contributed by atoms with E-state index in [2.05, 4.69) is 14.5 Å². The molecule has 0 amide bonds. The van der Waals surface area contributed by atoms with Gasteiger partial charge in [0.15, 0.2) is 0 Å². The summed E-state index contributed by atoms with van der Waals surface area (Å²) < 4.78 is 38.6. The monoisotopic (exact) mass is 487 g/mol. The molecule has 2 saturated heterocycles. The van der Waals surface area contributed by atoms with Crippen LogP contribution in [0, 0.1) is 0 Å². The van der Waals surface area contributed by atoms with Crippen LogP contribution in [0.2, 0.25) is 0 Å². The lowest BCUT2D eigenvalue weighted by Gasteiger charge is -2.39. The second-order valence-corrected chi connectivity index (χ2v) is 9.01. The summed E-state index contributed by atoms with van der Waals surface area (Å²) in [6.45, 7) is 2.92. The first-order valence-corrected chi connectivity index (χ1v) is 10.8. The molecule has 2 aliphatic rings. The van der Waals surface area contributed by atoms with E-state index in [0.717, 1.165) is 26.2 Å². The Bertz CT molecular complexity index is 747. The van der Waals surface area contributed by atoms with Gasteiger partial charge in [-0.25, -0.2) is 13.1 Å². The van der Waals surface area contributed by atoms with Crippen LogP contribution in [0.5, 0.6) is 5.75 Å². The maximum atomic E-state index is 12.6. The lowest BCUT2D eigenvalue weighted by Crippen LogP contribution is -2.56. The van der Waals surface area contributed by atoms with Crippen molar-refractivity contribution in [3.05, 3.63) is 24.3 Å². The third-order valence-electron chi connectivity index (χ3n) is 5.45. The van der Waals surface area contributed by atoms with Crippen molar-refractivity contribution in [3.8, 4) is 5.75 Å². The maximum absolute atomic E-state index is 12.6. The largest absolute Gasteiger partial charge is 0.497 e. The molecule has 2 heterocycles. The van der Waals surface area contributed by atoms with Gasteiger partial charge < -0.3 is 24.6 Å². The molecule has 3 N–H and O–H groups in total. The van der Waals surface area contributed by atoms with Crippen LogP contribution in [0.4, 0.5) is 0 Å². The molecular weight excluding hydrogens is 457 g/mol. The summed E-state index contributed by atoms with van der Waals surface area (Å²) in [5.41, 5.74) is 0. The lowest BCUT2D eigenvalue weighted by molar-refractivity contribution is -0.0201. The second kappa shape index (κ2) is 11.8. The minimum atomic E-state index is -3.73. The molecular formula is C18H31Cl2N3O6S. The number of rotatable bonds is 7. The van der Waals surface area contributed by atoms with Gasteiger partial charge in [0.05, 0.1) is 30.8 Å². The van der Waals surface area contributed by atoms with E-state index in [4.69, 9.17) is 9.47 Å². The first-order chi connectivity index (χ1) is 13.4. The minimum absolute atomic E-state index is 0. The van der Waals surface area contributed by atoms with Crippen molar-refractivity contribution >= 4 is 34.8 Å². The third kappa shape index (κ3) is 6.18. The Labute approximate surface area is 190 Å². The number of benzene rings is 1. The van der Waals surface area contributed by atoms with Crippen molar-refractivity contribution in [2.24, 2.45) is 0 Å². The number of ether oxygens (including phenoxy) is 2. The van der Waals surface area contributed by atoms with Crippen LogP contribution in [0.1, 0.15) is 0 Å². The summed E-state index contributed by atoms with van der Waals surface area (Å²) in [6.07, 6.45) is -2.15. The highest BCUT2D eigenvalue weighted by Gasteiger charge is 2.46. The number of likely N-dealkylation sites (N-methyl/N-ethyl adjacent to an activating group) is 1. The normalized spacial score (nSPS) is 27.9. The van der Waals surface area contributed by atoms with Gasteiger partial charge >= 0.3 is 0 Å². The maximum Gasteiger partial charge on any atom is 0.240 e. The Morgan fingerprint density at radius 2 is 1.73 bits per heavy atom. The van der Waals surface area contributed by atoms with E-state index in [-0.39, 0.29) is 48.9 Å². The number of hydrogen-bond donors (Lipinski definition) is 3. The van der Waals surface area contributed by atoms with E-state index < -0.39 is 28.3 Å². The van der Waals surface area contributed by atoms with Gasteiger partial charge in [-0.2, -0.15) is 0 Å². The molecule has 1 aromatic rings. The van der Waals surface area contributed by atoms with Crippen LogP contribution in [-0.2, 0) is 14.8 Å². The summed E-state index contributed by atoms with van der Waals surface area (Å²) >= 11 is 0. The van der Waals surface area contributed by atoms with Crippen molar-refractivity contribution in [1.82, 2.24) is 14.5 Å². The Morgan fingerprint density at radius 1 is 1.13 bits per heavy atom. The zero-order chi connectivity index (χ0) is 20.3. The summed E-state index contributed by atoms with van der Waals surface area (Å²) in [7, 11) is -0.182. The van der Waals surface area contributed by atoms with Gasteiger partial charge in [-0.3, -0.25) is 4.90 Å². The van der Waals surface area contributed by atoms with Crippen LogP contribution in [0.25, 0.3) is 0 Å². The predicted molar refractivity (Wildman–Crippen MR) is 117 cm³/mol. The van der Waals surface area contributed by atoms with Crippen molar-refractivity contribution < 1.29 is 28.1 Å². The number of aliphatic hydroxyl groups excluding tert-OH is 2. The molecule has 3 rings (SSSR count). The minimum Gasteiger partial charge on any atom is -0.497 e. The van der Waals surface area contributed by atoms with Gasteiger partial charge in [-0.1, -0.05) is 0 Å². The second-order valence-electron chi connectivity index (χ2n) is 7.24. The van der Waals surface area contributed by atoms with Gasteiger partial charge in [0, 0.05) is 32.7 Å². The van der Waals surface area contributed by atoms with Crippen LogP contribution in [0.15, 0.2) is 29.2 Å². The lowest BCUT2D eigenvalue weighted by atomic mass is 10.0. The molecule has 1 aromatic carbocycles. The van der Waals surface area contributed by atoms with Gasteiger partial charge in [0.25, 0.3) is 0 Å². The number of sulfonamides is 1. The number of hydrogen-bond acceptors (Lipinski definition) is 8. The summed E-state index contributed by atoms with van der Waals surface area (Å²) in [6, 6.07) is 5.74. The molecule has 0 spiro atoms. The smallest absolute Gasteiger partial charge is 0.240 e. The van der Waals surface area contributed by atoms with Crippen molar-refractivity contribution in [3.63, 3.8) is 0 Å². The van der Waals surface area contributed by atoms with Crippen LogP contribution >= 0.6 is 24.8 Å². The molecule has 2 aliphatic heterocycles. The summed E-state index contributed by atoms with van der Waals surface area (Å²) in [4.78, 5) is 4.44. The number of halogens is 2. The molecule has 0 aromatic heterocycles. The quantitative estimate of drug-likeness (QED) is 0.474. The summed E-state index contributed by atoms with van der Waals surface area (Å²) in [5.74, 6) is 0.571. The van der Waals surface area contributed by atoms with E-state index in [9.17, 15) is 18.6 Å². The topological polar surface area (TPSA) is 112 Å². The number of aliphatic hydroxyl groups is 2. The van der Waals surface area contributed by atoms with Gasteiger partial charge in [0.2, 0.25) is 10.0 Å². The number of nitrogens with one attached hydrogen (secondary N) is 1. The fourth-order valence-electron chi connectivity index (χ4n) is 3.75. The molecule has 0 radical (unpaired) electrons. The highest BCUT2D eigenvalue weighted by atomic mass is 35.5. The molecule has 30 heavy (non-hydrogen) atoms. The zero-order valence-electron chi connectivity index (χ0n) is 17.0. The first-order valence-electron chi connectivity index (χ1n) is 9.36. The Morgan fingerprint density at radius 3 is 2.27 bits per heavy atom. The molecule has 0 unspecified atom stereocenters. The van der Waals surface area contributed by atoms with Gasteiger partial charge in [-0.15, -0.1) is 24.8 Å². The fraction of sp³-hybridized carbons (Fsp3) is 0.667. The molecule has 12 heteroatoms. The SMILES string of the molecule is COc1ccc(S(=O)(=O)NC[C@H]2O[C@@H](CO)[C@@H](O)[C@H]2N2CCN(C)CC2)cc1.Cl.Cl. The van der Waals surface area contributed by atoms with E-state index in [0.29, 0.717) is 5.75 Å². The number of methoxy groups -OCH3 is 1. The average Bonchev–Trinajstić information content (AvgIpc) is 3.03. The van der Waals surface area contributed by atoms with Crippen LogP contribution in [-0.4, -0.2) is 106 Å². The van der Waals surface area contributed by atoms with E-state index >= 15 is 0 Å². The van der Waals surface area contributed by atoms with Crippen molar-refractivity contribution in [2.75, 3.05) is 53.5 Å². The number of nitrogens with zero attached hydrogens (tertiary/aromatic N) is 2. The molecule has 0 aliphatic carbocycles. The van der Waals surface area contributed by atoms with Crippen molar-refractivity contribution in [2.45, 2.75) is 29.2 Å². The van der Waals surface area contributed by atoms with Gasteiger partial charge in [0.1, 0.15) is 18.0 Å². The third-order valence-corrected chi connectivity index (χ3v) is 6.88. The summed E-state index contributed by atoms with van der Waals surface area (Å²) in [5, 5.41) is 20.1. The highest BCUT2D eigenvalue weighted by Crippen LogP contribution is 2.27. The van der Waals surface area contributed by atoms with E-state index in [1.54, 1.807) is 12.1 Å². The molecule has 174 valence electrons. The molecule has 9 nitrogen and oxygen atoms in total. The molecule has 2 fully saturated rings. The Kier molecular flexibility index (Phi) is 10.8. The molecule has 4 atom stereocenters. The fourth-order valence-corrected chi connectivity index (χ4v) is 4.79. The van der Waals surface area contributed by atoms with Crippen molar-refractivity contribution in [1.29, 1.82) is 0 Å². The number of piperazine rings is 1. The van der Waals surface area contributed by atoms with Crippen LogP contribution < -0.4 is 9.46 Å². The molecule has 0 bridgehead atoms. The predicted octanol–water partition coefficient (Wildman–Crippen LogP) is -0.446.